The summed E-state index contributed by atoms with van der Waals surface area (Å²) in [5.41, 5.74) is 0.596. The van der Waals surface area contributed by atoms with Gasteiger partial charge in [-0.3, -0.25) is 4.79 Å². The molecule has 1 N–H and O–H groups in total. The number of amides is 1. The summed E-state index contributed by atoms with van der Waals surface area (Å²) in [5, 5.41) is 3.04. The van der Waals surface area contributed by atoms with E-state index in [0.29, 0.717) is 29.7 Å². The number of nitrogens with one attached hydrogen (secondary N) is 1. The third-order valence-electron chi connectivity index (χ3n) is 1.93. The minimum Gasteiger partial charge on any atom is -0.490 e. The third-order valence-corrected chi connectivity index (χ3v) is 2.23. The lowest BCUT2D eigenvalue weighted by atomic mass is 10.3. The first kappa shape index (κ1) is 13.5. The monoisotopic (exact) mass is 255 g/mol. The minimum absolute atomic E-state index is 0.283. The lowest BCUT2D eigenvalue weighted by Gasteiger charge is -2.09. The van der Waals surface area contributed by atoms with Crippen LogP contribution in [0.3, 0.4) is 0 Å². The fraction of sp³-hybridized carbons (Fsp3) is 0.250. The van der Waals surface area contributed by atoms with Gasteiger partial charge in [-0.05, 0) is 24.3 Å². The quantitative estimate of drug-likeness (QED) is 0.628. The number of hydrogen-bond acceptors (Lipinski definition) is 3. The SMILES string of the molecule is C=CC(=O)Nc1ccc(OCCOC)c(Cl)c1. The second-order valence-electron chi connectivity index (χ2n) is 3.18. The van der Waals surface area contributed by atoms with Crippen molar-refractivity contribution in [2.24, 2.45) is 0 Å². The standard InChI is InChI=1S/C12H14ClNO3/c1-3-12(15)14-9-4-5-11(10(13)8-9)17-7-6-16-2/h3-5,8H,1,6-7H2,2H3,(H,14,15). The predicted octanol–water partition coefficient (Wildman–Crippen LogP) is 2.49. The lowest BCUT2D eigenvalue weighted by Crippen LogP contribution is -2.08. The molecule has 0 bridgehead atoms. The number of anilines is 1. The molecule has 0 spiro atoms. The Kier molecular flexibility index (Phi) is 5.52. The smallest absolute Gasteiger partial charge is 0.247 e. The fourth-order valence-electron chi connectivity index (χ4n) is 1.12. The van der Waals surface area contributed by atoms with Crippen LogP contribution in [0.2, 0.25) is 5.02 Å². The van der Waals surface area contributed by atoms with Crippen molar-refractivity contribution in [1.29, 1.82) is 0 Å². The molecule has 4 nitrogen and oxygen atoms in total. The number of rotatable bonds is 6. The molecule has 0 aliphatic heterocycles. The van der Waals surface area contributed by atoms with E-state index >= 15 is 0 Å². The molecule has 0 fully saturated rings. The Hall–Kier alpha value is -1.52. The van der Waals surface area contributed by atoms with Crippen molar-refractivity contribution in [2.45, 2.75) is 0 Å². The Morgan fingerprint density at radius 3 is 2.88 bits per heavy atom. The van der Waals surface area contributed by atoms with E-state index in [-0.39, 0.29) is 5.91 Å². The van der Waals surface area contributed by atoms with E-state index in [1.165, 1.54) is 6.08 Å². The normalized spacial score (nSPS) is 9.76. The number of ether oxygens (including phenoxy) is 2. The first-order chi connectivity index (χ1) is 8.17. The zero-order valence-corrected chi connectivity index (χ0v) is 10.3. The molecule has 0 atom stereocenters. The average molecular weight is 256 g/mol. The Bertz CT molecular complexity index is 407. The van der Waals surface area contributed by atoms with Crippen molar-refractivity contribution in [1.82, 2.24) is 0 Å². The van der Waals surface area contributed by atoms with Crippen LogP contribution in [-0.2, 0) is 9.53 Å². The number of halogens is 1. The molecule has 0 aliphatic carbocycles. The van der Waals surface area contributed by atoms with Gasteiger partial charge in [-0.15, -0.1) is 0 Å². The van der Waals surface area contributed by atoms with E-state index in [2.05, 4.69) is 11.9 Å². The van der Waals surface area contributed by atoms with Crippen molar-refractivity contribution < 1.29 is 14.3 Å². The highest BCUT2D eigenvalue weighted by Gasteiger charge is 2.04. The summed E-state index contributed by atoms with van der Waals surface area (Å²) in [6.45, 7) is 4.28. The second-order valence-corrected chi connectivity index (χ2v) is 3.59. The topological polar surface area (TPSA) is 47.6 Å². The predicted molar refractivity (Wildman–Crippen MR) is 67.6 cm³/mol. The van der Waals surface area contributed by atoms with Gasteiger partial charge in [0.2, 0.25) is 5.91 Å². The first-order valence-electron chi connectivity index (χ1n) is 5.02. The molecule has 0 unspecified atom stereocenters. The third kappa shape index (κ3) is 4.46. The molecule has 0 saturated heterocycles. The number of hydrogen-bond donors (Lipinski definition) is 1. The summed E-state index contributed by atoms with van der Waals surface area (Å²) < 4.78 is 10.2. The Labute approximate surface area is 105 Å². The molecule has 92 valence electrons. The molecule has 0 aliphatic rings. The van der Waals surface area contributed by atoms with Crippen LogP contribution in [0, 0.1) is 0 Å². The summed E-state index contributed by atoms with van der Waals surface area (Å²) >= 11 is 5.99. The molecule has 0 saturated carbocycles. The van der Waals surface area contributed by atoms with Crippen LogP contribution in [-0.4, -0.2) is 26.2 Å². The van der Waals surface area contributed by atoms with E-state index in [4.69, 9.17) is 21.1 Å². The first-order valence-corrected chi connectivity index (χ1v) is 5.40. The van der Waals surface area contributed by atoms with Crippen LogP contribution in [0.1, 0.15) is 0 Å². The van der Waals surface area contributed by atoms with E-state index in [0.717, 1.165) is 0 Å². The summed E-state index contributed by atoms with van der Waals surface area (Å²) in [6, 6.07) is 5.01. The van der Waals surface area contributed by atoms with Crippen LogP contribution in [0.25, 0.3) is 0 Å². The summed E-state index contributed by atoms with van der Waals surface area (Å²) in [4.78, 5) is 11.1. The average Bonchev–Trinajstić information content (AvgIpc) is 2.32. The van der Waals surface area contributed by atoms with Gasteiger partial charge < -0.3 is 14.8 Å². The molecular weight excluding hydrogens is 242 g/mol. The molecule has 1 aromatic carbocycles. The number of methoxy groups -OCH3 is 1. The summed E-state index contributed by atoms with van der Waals surface area (Å²) in [6.07, 6.45) is 1.19. The van der Waals surface area contributed by atoms with Crippen LogP contribution in [0.4, 0.5) is 5.69 Å². The van der Waals surface area contributed by atoms with Gasteiger partial charge in [-0.2, -0.15) is 0 Å². The molecule has 0 aromatic heterocycles. The van der Waals surface area contributed by atoms with Gasteiger partial charge >= 0.3 is 0 Å². The maximum Gasteiger partial charge on any atom is 0.247 e. The Morgan fingerprint density at radius 2 is 2.29 bits per heavy atom. The molecule has 17 heavy (non-hydrogen) atoms. The highest BCUT2D eigenvalue weighted by Crippen LogP contribution is 2.27. The fourth-order valence-corrected chi connectivity index (χ4v) is 1.36. The lowest BCUT2D eigenvalue weighted by molar-refractivity contribution is -0.111. The van der Waals surface area contributed by atoms with Gasteiger partial charge in [0.15, 0.2) is 0 Å². The molecule has 1 rings (SSSR count). The van der Waals surface area contributed by atoms with Crippen molar-refractivity contribution in [3.05, 3.63) is 35.9 Å². The van der Waals surface area contributed by atoms with E-state index in [9.17, 15) is 4.79 Å². The van der Waals surface area contributed by atoms with Gasteiger partial charge in [0, 0.05) is 12.8 Å². The van der Waals surface area contributed by atoms with Crippen molar-refractivity contribution >= 4 is 23.2 Å². The van der Waals surface area contributed by atoms with Crippen LogP contribution >= 0.6 is 11.6 Å². The summed E-state index contributed by atoms with van der Waals surface area (Å²) in [5.74, 6) is 0.273. The van der Waals surface area contributed by atoms with Gasteiger partial charge in [0.25, 0.3) is 0 Å². The van der Waals surface area contributed by atoms with Crippen LogP contribution in [0.5, 0.6) is 5.75 Å². The summed E-state index contributed by atoms with van der Waals surface area (Å²) in [7, 11) is 1.60. The van der Waals surface area contributed by atoms with Gasteiger partial charge in [-0.25, -0.2) is 0 Å². The highest BCUT2D eigenvalue weighted by atomic mass is 35.5. The van der Waals surface area contributed by atoms with Crippen LogP contribution < -0.4 is 10.1 Å². The largest absolute Gasteiger partial charge is 0.490 e. The number of benzene rings is 1. The molecule has 0 heterocycles. The van der Waals surface area contributed by atoms with Crippen molar-refractivity contribution in [3.63, 3.8) is 0 Å². The minimum atomic E-state index is -0.283. The molecule has 0 radical (unpaired) electrons. The van der Waals surface area contributed by atoms with Crippen molar-refractivity contribution in [2.75, 3.05) is 25.6 Å². The van der Waals surface area contributed by atoms with Crippen molar-refractivity contribution in [3.8, 4) is 5.75 Å². The molecular formula is C12H14ClNO3. The van der Waals surface area contributed by atoms with E-state index in [1.54, 1.807) is 25.3 Å². The Morgan fingerprint density at radius 1 is 1.53 bits per heavy atom. The van der Waals surface area contributed by atoms with Gasteiger partial charge in [0.1, 0.15) is 12.4 Å². The molecule has 5 heteroatoms. The number of carbonyl (C=O) groups is 1. The zero-order valence-electron chi connectivity index (χ0n) is 9.53. The number of carbonyl (C=O) groups excluding carboxylic acids is 1. The zero-order chi connectivity index (χ0) is 12.7. The van der Waals surface area contributed by atoms with Gasteiger partial charge in [0.05, 0.1) is 11.6 Å². The van der Waals surface area contributed by atoms with E-state index in [1.807, 2.05) is 0 Å². The van der Waals surface area contributed by atoms with E-state index < -0.39 is 0 Å². The maximum atomic E-state index is 11.1. The Balaban J connectivity index is 2.65. The molecule has 1 aromatic rings. The van der Waals surface area contributed by atoms with Gasteiger partial charge in [-0.1, -0.05) is 18.2 Å². The van der Waals surface area contributed by atoms with Crippen LogP contribution in [0.15, 0.2) is 30.9 Å². The second kappa shape index (κ2) is 6.93. The maximum absolute atomic E-state index is 11.1. The molecule has 1 amide bonds. The highest BCUT2D eigenvalue weighted by molar-refractivity contribution is 6.32.